The van der Waals surface area contributed by atoms with Crippen LogP contribution in [0.4, 0.5) is 0 Å². The molecule has 6 heteroatoms. The van der Waals surface area contributed by atoms with Crippen LogP contribution in [-0.2, 0) is 7.05 Å². The average molecular weight is 331 g/mol. The van der Waals surface area contributed by atoms with Crippen LogP contribution in [0.2, 0.25) is 0 Å². The highest BCUT2D eigenvalue weighted by Crippen LogP contribution is 2.33. The zero-order chi connectivity index (χ0) is 17.2. The molecule has 0 spiro atoms. The number of benzene rings is 2. The fraction of sp³-hybridized carbons (Fsp3) is 0.158. The third-order valence-corrected chi connectivity index (χ3v) is 3.80. The van der Waals surface area contributed by atoms with Crippen LogP contribution in [0.3, 0.4) is 0 Å². The predicted molar refractivity (Wildman–Crippen MR) is 96.1 cm³/mol. The van der Waals surface area contributed by atoms with Crippen molar-refractivity contribution in [3.05, 3.63) is 54.6 Å². The fourth-order valence-electron chi connectivity index (χ4n) is 2.73. The van der Waals surface area contributed by atoms with Gasteiger partial charge in [0.1, 0.15) is 11.4 Å². The Balaban J connectivity index is 1.97. The van der Waals surface area contributed by atoms with Crippen LogP contribution >= 0.6 is 0 Å². The van der Waals surface area contributed by atoms with Crippen molar-refractivity contribution in [1.82, 2.24) is 25.0 Å². The van der Waals surface area contributed by atoms with Crippen LogP contribution in [0, 0.1) is 0 Å². The second-order valence-corrected chi connectivity index (χ2v) is 5.55. The standard InChI is InChI=1S/C19H17N5O/c1-3-25-19-18(20-14-11-7-8-12-15(14)21-19)17-16(22-24(2)23-17)13-9-5-4-6-10-13/h4-12H,3H2,1-2H3. The first kappa shape index (κ1) is 15.3. The molecule has 0 saturated heterocycles. The lowest BCUT2D eigenvalue weighted by Crippen LogP contribution is -2.01. The van der Waals surface area contributed by atoms with E-state index in [2.05, 4.69) is 15.2 Å². The zero-order valence-corrected chi connectivity index (χ0v) is 14.0. The van der Waals surface area contributed by atoms with Gasteiger partial charge in [-0.3, -0.25) is 0 Å². The van der Waals surface area contributed by atoms with Gasteiger partial charge in [-0.1, -0.05) is 42.5 Å². The topological polar surface area (TPSA) is 65.7 Å². The summed E-state index contributed by atoms with van der Waals surface area (Å²) in [5.41, 5.74) is 4.59. The van der Waals surface area contributed by atoms with Crippen LogP contribution < -0.4 is 4.74 Å². The molecule has 4 aromatic rings. The highest BCUT2D eigenvalue weighted by Gasteiger charge is 2.21. The summed E-state index contributed by atoms with van der Waals surface area (Å²) in [7, 11) is 1.80. The quantitative estimate of drug-likeness (QED) is 0.573. The third kappa shape index (κ3) is 2.82. The summed E-state index contributed by atoms with van der Waals surface area (Å²) in [6, 6.07) is 17.7. The molecular formula is C19H17N5O. The summed E-state index contributed by atoms with van der Waals surface area (Å²) < 4.78 is 5.75. The molecular weight excluding hydrogens is 314 g/mol. The van der Waals surface area contributed by atoms with E-state index in [0.717, 1.165) is 22.3 Å². The van der Waals surface area contributed by atoms with Gasteiger partial charge in [0, 0.05) is 12.6 Å². The maximum Gasteiger partial charge on any atom is 0.243 e. The van der Waals surface area contributed by atoms with Gasteiger partial charge in [-0.2, -0.15) is 15.0 Å². The number of ether oxygens (including phenoxy) is 1. The maximum atomic E-state index is 5.75. The fourth-order valence-corrected chi connectivity index (χ4v) is 2.73. The van der Waals surface area contributed by atoms with Gasteiger partial charge in [0.15, 0.2) is 5.69 Å². The molecule has 0 aliphatic rings. The Kier molecular flexibility index (Phi) is 3.85. The van der Waals surface area contributed by atoms with Gasteiger partial charge >= 0.3 is 0 Å². The molecule has 0 saturated carbocycles. The van der Waals surface area contributed by atoms with E-state index in [0.29, 0.717) is 23.9 Å². The molecule has 124 valence electrons. The lowest BCUT2D eigenvalue weighted by molar-refractivity contribution is 0.328. The van der Waals surface area contributed by atoms with Gasteiger partial charge in [0.05, 0.1) is 17.6 Å². The van der Waals surface area contributed by atoms with E-state index in [4.69, 9.17) is 9.72 Å². The van der Waals surface area contributed by atoms with Gasteiger partial charge < -0.3 is 4.74 Å². The van der Waals surface area contributed by atoms with Crippen LogP contribution in [0.25, 0.3) is 33.7 Å². The van der Waals surface area contributed by atoms with Crippen molar-refractivity contribution in [3.8, 4) is 28.5 Å². The molecule has 0 fully saturated rings. The number of nitrogens with zero attached hydrogens (tertiary/aromatic N) is 5. The van der Waals surface area contributed by atoms with E-state index in [9.17, 15) is 0 Å². The van der Waals surface area contributed by atoms with Crippen molar-refractivity contribution in [2.24, 2.45) is 7.05 Å². The Labute approximate surface area is 145 Å². The van der Waals surface area contributed by atoms with Crippen molar-refractivity contribution in [2.45, 2.75) is 6.92 Å². The van der Waals surface area contributed by atoms with Crippen molar-refractivity contribution in [1.29, 1.82) is 0 Å². The van der Waals surface area contributed by atoms with E-state index in [1.807, 2.05) is 61.5 Å². The van der Waals surface area contributed by atoms with Crippen LogP contribution in [-0.4, -0.2) is 31.6 Å². The molecule has 0 aliphatic carbocycles. The molecule has 0 N–H and O–H groups in total. The van der Waals surface area contributed by atoms with Crippen LogP contribution in [0.1, 0.15) is 6.92 Å². The molecule has 6 nitrogen and oxygen atoms in total. The minimum Gasteiger partial charge on any atom is -0.476 e. The van der Waals surface area contributed by atoms with Crippen molar-refractivity contribution in [2.75, 3.05) is 6.61 Å². The van der Waals surface area contributed by atoms with Gasteiger partial charge in [0.25, 0.3) is 0 Å². The first-order valence-electron chi connectivity index (χ1n) is 8.13. The number of hydrogen-bond acceptors (Lipinski definition) is 5. The summed E-state index contributed by atoms with van der Waals surface area (Å²) in [5, 5.41) is 9.05. The average Bonchev–Trinajstić information content (AvgIpc) is 3.04. The molecule has 2 aromatic heterocycles. The van der Waals surface area contributed by atoms with Crippen molar-refractivity contribution >= 4 is 11.0 Å². The Morgan fingerprint density at radius 3 is 2.16 bits per heavy atom. The number of aryl methyl sites for hydroxylation is 1. The monoisotopic (exact) mass is 331 g/mol. The summed E-state index contributed by atoms with van der Waals surface area (Å²) in [4.78, 5) is 10.9. The Hall–Kier alpha value is -3.28. The molecule has 0 atom stereocenters. The molecule has 0 bridgehead atoms. The molecule has 0 amide bonds. The van der Waals surface area contributed by atoms with Crippen molar-refractivity contribution in [3.63, 3.8) is 0 Å². The minimum absolute atomic E-state index is 0.471. The Morgan fingerprint density at radius 1 is 0.800 bits per heavy atom. The Morgan fingerprint density at radius 2 is 1.44 bits per heavy atom. The van der Waals surface area contributed by atoms with Gasteiger partial charge in [0.2, 0.25) is 5.88 Å². The summed E-state index contributed by atoms with van der Waals surface area (Å²) in [6.45, 7) is 2.43. The molecule has 25 heavy (non-hydrogen) atoms. The number of para-hydroxylation sites is 2. The second-order valence-electron chi connectivity index (χ2n) is 5.55. The van der Waals surface area contributed by atoms with Gasteiger partial charge in [-0.25, -0.2) is 9.97 Å². The van der Waals surface area contributed by atoms with Gasteiger partial charge in [-0.05, 0) is 19.1 Å². The smallest absolute Gasteiger partial charge is 0.243 e. The SMILES string of the molecule is CCOc1nc2ccccc2nc1-c1nn(C)nc1-c1ccccc1. The maximum absolute atomic E-state index is 5.75. The second kappa shape index (κ2) is 6.32. The predicted octanol–water partition coefficient (Wildman–Crippen LogP) is 3.49. The van der Waals surface area contributed by atoms with E-state index < -0.39 is 0 Å². The minimum atomic E-state index is 0.471. The first-order chi connectivity index (χ1) is 12.3. The molecule has 0 radical (unpaired) electrons. The first-order valence-corrected chi connectivity index (χ1v) is 8.13. The summed E-state index contributed by atoms with van der Waals surface area (Å²) in [6.07, 6.45) is 0. The van der Waals surface area contributed by atoms with Gasteiger partial charge in [-0.15, -0.1) is 0 Å². The number of aromatic nitrogens is 5. The van der Waals surface area contributed by atoms with E-state index >= 15 is 0 Å². The molecule has 0 aliphatic heterocycles. The number of rotatable bonds is 4. The number of hydrogen-bond donors (Lipinski definition) is 0. The largest absolute Gasteiger partial charge is 0.476 e. The number of fused-ring (bicyclic) bond motifs is 1. The molecule has 2 heterocycles. The lowest BCUT2D eigenvalue weighted by atomic mass is 10.1. The normalized spacial score (nSPS) is 11.0. The summed E-state index contributed by atoms with van der Waals surface area (Å²) >= 11 is 0. The van der Waals surface area contributed by atoms with E-state index in [1.165, 1.54) is 0 Å². The molecule has 2 aromatic carbocycles. The molecule has 0 unspecified atom stereocenters. The highest BCUT2D eigenvalue weighted by molar-refractivity contribution is 5.83. The Bertz CT molecular complexity index is 1030. The summed E-state index contributed by atoms with van der Waals surface area (Å²) in [5.74, 6) is 0.471. The van der Waals surface area contributed by atoms with E-state index in [-0.39, 0.29) is 0 Å². The lowest BCUT2D eigenvalue weighted by Gasteiger charge is -2.09. The zero-order valence-electron chi connectivity index (χ0n) is 14.0. The molecule has 4 rings (SSSR count). The van der Waals surface area contributed by atoms with Crippen molar-refractivity contribution < 1.29 is 4.74 Å². The van der Waals surface area contributed by atoms with Crippen LogP contribution in [0.5, 0.6) is 5.88 Å². The third-order valence-electron chi connectivity index (χ3n) is 3.80. The highest BCUT2D eigenvalue weighted by atomic mass is 16.5. The van der Waals surface area contributed by atoms with E-state index in [1.54, 1.807) is 11.8 Å². The van der Waals surface area contributed by atoms with Crippen LogP contribution in [0.15, 0.2) is 54.6 Å².